The van der Waals surface area contributed by atoms with Crippen molar-refractivity contribution in [3.05, 3.63) is 71.8 Å². The van der Waals surface area contributed by atoms with Crippen LogP contribution in [0.3, 0.4) is 0 Å². The first-order chi connectivity index (χ1) is 9.68. The van der Waals surface area contributed by atoms with Gasteiger partial charge in [-0.2, -0.15) is 0 Å². The van der Waals surface area contributed by atoms with E-state index in [1.807, 2.05) is 60.7 Å². The molecule has 0 bridgehead atoms. The Morgan fingerprint density at radius 3 is 2.05 bits per heavy atom. The lowest BCUT2D eigenvalue weighted by Crippen LogP contribution is -2.33. The molecular formula is C18H22O2. The molecule has 2 rings (SSSR count). The Labute approximate surface area is 120 Å². The number of hydrogen-bond acceptors (Lipinski definition) is 2. The molecule has 2 aromatic rings. The van der Waals surface area contributed by atoms with Crippen LogP contribution in [-0.4, -0.2) is 10.2 Å². The number of benzene rings is 2. The van der Waals surface area contributed by atoms with Gasteiger partial charge >= 0.3 is 0 Å². The van der Waals surface area contributed by atoms with Gasteiger partial charge in [0, 0.05) is 0 Å². The van der Waals surface area contributed by atoms with Crippen molar-refractivity contribution in [2.45, 2.75) is 37.9 Å². The highest BCUT2D eigenvalue weighted by atomic mass is 16.3. The van der Waals surface area contributed by atoms with Crippen LogP contribution in [0, 0.1) is 0 Å². The third kappa shape index (κ3) is 3.09. The first-order valence-corrected chi connectivity index (χ1v) is 7.19. The molecule has 2 nitrogen and oxygen atoms in total. The van der Waals surface area contributed by atoms with Crippen molar-refractivity contribution in [2.24, 2.45) is 0 Å². The first-order valence-electron chi connectivity index (χ1n) is 7.19. The number of aliphatic hydroxyl groups is 2. The van der Waals surface area contributed by atoms with E-state index in [1.165, 1.54) is 0 Å². The monoisotopic (exact) mass is 270 g/mol. The van der Waals surface area contributed by atoms with Gasteiger partial charge in [-0.1, -0.05) is 80.4 Å². The lowest BCUT2D eigenvalue weighted by molar-refractivity contribution is -0.0901. The van der Waals surface area contributed by atoms with E-state index in [0.29, 0.717) is 6.42 Å². The van der Waals surface area contributed by atoms with E-state index in [-0.39, 0.29) is 0 Å². The number of hydrogen-bond donors (Lipinski definition) is 2. The van der Waals surface area contributed by atoms with Crippen LogP contribution in [0.5, 0.6) is 0 Å². The number of aliphatic hydroxyl groups excluding tert-OH is 1. The smallest absolute Gasteiger partial charge is 0.120 e. The standard InChI is InChI=1S/C18H22O2/c1-2-3-14-18(20,16-12-8-5-9-13-16)17(19)15-10-6-4-7-11-15/h4-13,17,19-20H,2-3,14H2,1H3. The molecule has 0 saturated carbocycles. The highest BCUT2D eigenvalue weighted by molar-refractivity contribution is 5.29. The zero-order valence-corrected chi connectivity index (χ0v) is 11.9. The maximum atomic E-state index is 11.1. The largest absolute Gasteiger partial charge is 0.385 e. The minimum atomic E-state index is -1.24. The van der Waals surface area contributed by atoms with Crippen LogP contribution >= 0.6 is 0 Å². The summed E-state index contributed by atoms with van der Waals surface area (Å²) in [6, 6.07) is 18.8. The number of unbranched alkanes of at least 4 members (excludes halogenated alkanes) is 1. The summed E-state index contributed by atoms with van der Waals surface area (Å²) in [5.74, 6) is 0. The van der Waals surface area contributed by atoms with Gasteiger partial charge in [0.2, 0.25) is 0 Å². The van der Waals surface area contributed by atoms with Gasteiger partial charge in [-0.15, -0.1) is 0 Å². The molecule has 0 aromatic heterocycles. The van der Waals surface area contributed by atoms with E-state index in [2.05, 4.69) is 6.92 Å². The molecule has 0 heterocycles. The Hall–Kier alpha value is -1.64. The number of rotatable bonds is 6. The molecule has 2 atom stereocenters. The van der Waals surface area contributed by atoms with Crippen LogP contribution in [-0.2, 0) is 5.60 Å². The molecule has 2 unspecified atom stereocenters. The summed E-state index contributed by atoms with van der Waals surface area (Å²) in [5.41, 5.74) is 0.276. The molecule has 0 aliphatic carbocycles. The lowest BCUT2D eigenvalue weighted by atomic mass is 9.81. The second-order valence-corrected chi connectivity index (χ2v) is 5.21. The van der Waals surface area contributed by atoms with Crippen molar-refractivity contribution in [2.75, 3.05) is 0 Å². The summed E-state index contributed by atoms with van der Waals surface area (Å²) in [7, 11) is 0. The van der Waals surface area contributed by atoms with Gasteiger partial charge in [0.05, 0.1) is 0 Å². The summed E-state index contributed by atoms with van der Waals surface area (Å²) >= 11 is 0. The maximum Gasteiger partial charge on any atom is 0.120 e. The second kappa shape index (κ2) is 6.69. The summed E-state index contributed by atoms with van der Waals surface area (Å²) in [6.45, 7) is 2.08. The summed E-state index contributed by atoms with van der Waals surface area (Å²) < 4.78 is 0. The molecule has 2 heteroatoms. The van der Waals surface area contributed by atoms with Gasteiger partial charge < -0.3 is 10.2 Å². The molecule has 2 aromatic carbocycles. The molecule has 0 radical (unpaired) electrons. The fourth-order valence-corrected chi connectivity index (χ4v) is 2.52. The molecule has 0 amide bonds. The van der Waals surface area contributed by atoms with Crippen molar-refractivity contribution in [1.29, 1.82) is 0 Å². The van der Waals surface area contributed by atoms with Crippen LogP contribution < -0.4 is 0 Å². The first kappa shape index (κ1) is 14.8. The van der Waals surface area contributed by atoms with Crippen molar-refractivity contribution in [1.82, 2.24) is 0 Å². The predicted molar refractivity (Wildman–Crippen MR) is 81.3 cm³/mol. The van der Waals surface area contributed by atoms with Crippen molar-refractivity contribution >= 4 is 0 Å². The third-order valence-electron chi connectivity index (χ3n) is 3.75. The average Bonchev–Trinajstić information content (AvgIpc) is 2.53. The fraction of sp³-hybridized carbons (Fsp3) is 0.333. The SMILES string of the molecule is CCCCC(O)(c1ccccc1)C(O)c1ccccc1. The molecule has 0 aliphatic heterocycles. The highest BCUT2D eigenvalue weighted by Crippen LogP contribution is 2.39. The Bertz CT molecular complexity index is 509. The zero-order valence-electron chi connectivity index (χ0n) is 11.9. The van der Waals surface area contributed by atoms with Crippen LogP contribution in [0.2, 0.25) is 0 Å². The van der Waals surface area contributed by atoms with E-state index in [4.69, 9.17) is 0 Å². The Morgan fingerprint density at radius 2 is 1.50 bits per heavy atom. The van der Waals surface area contributed by atoms with Gasteiger partial charge in [0.25, 0.3) is 0 Å². The van der Waals surface area contributed by atoms with Crippen LogP contribution in [0.1, 0.15) is 43.4 Å². The van der Waals surface area contributed by atoms with Gasteiger partial charge in [0.15, 0.2) is 0 Å². The predicted octanol–water partition coefficient (Wildman–Crippen LogP) is 3.80. The molecule has 2 N–H and O–H groups in total. The minimum absolute atomic E-state index is 0.545. The fourth-order valence-electron chi connectivity index (χ4n) is 2.52. The average molecular weight is 270 g/mol. The lowest BCUT2D eigenvalue weighted by Gasteiger charge is -2.34. The molecule has 0 fully saturated rings. The van der Waals surface area contributed by atoms with Crippen LogP contribution in [0.25, 0.3) is 0 Å². The summed E-state index contributed by atoms with van der Waals surface area (Å²) in [4.78, 5) is 0. The quantitative estimate of drug-likeness (QED) is 0.838. The topological polar surface area (TPSA) is 40.5 Å². The van der Waals surface area contributed by atoms with Gasteiger partial charge in [-0.25, -0.2) is 0 Å². The van der Waals surface area contributed by atoms with E-state index >= 15 is 0 Å². The minimum Gasteiger partial charge on any atom is -0.385 e. The molecule has 0 spiro atoms. The zero-order chi connectivity index (χ0) is 14.4. The van der Waals surface area contributed by atoms with Crippen molar-refractivity contribution in [3.63, 3.8) is 0 Å². The highest BCUT2D eigenvalue weighted by Gasteiger charge is 2.37. The Kier molecular flexibility index (Phi) is 4.94. The van der Waals surface area contributed by atoms with E-state index in [0.717, 1.165) is 24.0 Å². The van der Waals surface area contributed by atoms with Crippen molar-refractivity contribution in [3.8, 4) is 0 Å². The van der Waals surface area contributed by atoms with E-state index < -0.39 is 11.7 Å². The molecule has 0 aliphatic rings. The van der Waals surface area contributed by atoms with E-state index in [9.17, 15) is 10.2 Å². The molecular weight excluding hydrogens is 248 g/mol. The van der Waals surface area contributed by atoms with Gasteiger partial charge in [-0.3, -0.25) is 0 Å². The maximum absolute atomic E-state index is 11.1. The van der Waals surface area contributed by atoms with Crippen molar-refractivity contribution < 1.29 is 10.2 Å². The third-order valence-corrected chi connectivity index (χ3v) is 3.75. The molecule has 106 valence electrons. The van der Waals surface area contributed by atoms with Crippen LogP contribution in [0.4, 0.5) is 0 Å². The van der Waals surface area contributed by atoms with Gasteiger partial charge in [-0.05, 0) is 17.5 Å². The van der Waals surface area contributed by atoms with Gasteiger partial charge in [0.1, 0.15) is 11.7 Å². The Morgan fingerprint density at radius 1 is 0.950 bits per heavy atom. The van der Waals surface area contributed by atoms with E-state index in [1.54, 1.807) is 0 Å². The normalized spacial score (nSPS) is 15.6. The second-order valence-electron chi connectivity index (χ2n) is 5.21. The Balaban J connectivity index is 2.36. The summed E-state index contributed by atoms with van der Waals surface area (Å²) in [5, 5.41) is 21.8. The van der Waals surface area contributed by atoms with Crippen LogP contribution in [0.15, 0.2) is 60.7 Å². The summed E-state index contributed by atoms with van der Waals surface area (Å²) in [6.07, 6.45) is 1.48. The molecule has 0 saturated heterocycles. The molecule has 20 heavy (non-hydrogen) atoms.